The highest BCUT2D eigenvalue weighted by Crippen LogP contribution is 2.16. The van der Waals surface area contributed by atoms with E-state index in [1.54, 1.807) is 6.08 Å². The van der Waals surface area contributed by atoms with Crippen LogP contribution in [0, 0.1) is 0 Å². The molecule has 2 N–H and O–H groups in total. The first-order chi connectivity index (χ1) is 6.83. The predicted molar refractivity (Wildman–Crippen MR) is 62.9 cm³/mol. The van der Waals surface area contributed by atoms with Crippen LogP contribution in [0.4, 0.5) is 0 Å². The molecule has 0 saturated heterocycles. The smallest absolute Gasteiger partial charge is 0.0181 e. The molecule has 0 fully saturated rings. The van der Waals surface area contributed by atoms with E-state index in [-0.39, 0.29) is 0 Å². The van der Waals surface area contributed by atoms with Gasteiger partial charge in [-0.15, -0.1) is 0 Å². The standard InChI is InChI=1S/C13H17N/c1-3-5-7-11-8-6-9-12(10-14)13(11)4-2/h3,5-9H,1,4,10,14H2,2H3/b7-5-. The van der Waals surface area contributed by atoms with Crippen molar-refractivity contribution in [1.82, 2.24) is 0 Å². The minimum Gasteiger partial charge on any atom is -0.326 e. The molecule has 0 aliphatic heterocycles. The first-order valence-corrected chi connectivity index (χ1v) is 4.93. The summed E-state index contributed by atoms with van der Waals surface area (Å²) in [4.78, 5) is 0. The Morgan fingerprint density at radius 3 is 2.79 bits per heavy atom. The largest absolute Gasteiger partial charge is 0.326 e. The van der Waals surface area contributed by atoms with Crippen LogP contribution in [0.5, 0.6) is 0 Å². The number of nitrogens with two attached hydrogens (primary N) is 1. The SMILES string of the molecule is C=C/C=C\c1cccc(CN)c1CC. The van der Waals surface area contributed by atoms with Crippen molar-refractivity contribution in [2.45, 2.75) is 19.9 Å². The molecular weight excluding hydrogens is 170 g/mol. The second-order valence-corrected chi connectivity index (χ2v) is 3.14. The van der Waals surface area contributed by atoms with Gasteiger partial charge in [-0.25, -0.2) is 0 Å². The molecule has 74 valence electrons. The predicted octanol–water partition coefficient (Wildman–Crippen LogP) is 2.91. The van der Waals surface area contributed by atoms with Gasteiger partial charge in [-0.3, -0.25) is 0 Å². The van der Waals surface area contributed by atoms with Gasteiger partial charge in [0, 0.05) is 6.54 Å². The molecule has 0 saturated carbocycles. The van der Waals surface area contributed by atoms with Gasteiger partial charge >= 0.3 is 0 Å². The average molecular weight is 187 g/mol. The number of rotatable bonds is 4. The summed E-state index contributed by atoms with van der Waals surface area (Å²) in [6.07, 6.45) is 6.83. The normalized spacial score (nSPS) is 10.7. The highest BCUT2D eigenvalue weighted by molar-refractivity contribution is 5.57. The van der Waals surface area contributed by atoms with Crippen LogP contribution in [0.1, 0.15) is 23.6 Å². The lowest BCUT2D eigenvalue weighted by atomic mass is 9.98. The molecule has 0 aliphatic rings. The Bertz CT molecular complexity index is 337. The summed E-state index contributed by atoms with van der Waals surface area (Å²) in [6, 6.07) is 6.24. The Kier molecular flexibility index (Phi) is 4.14. The molecule has 0 unspecified atom stereocenters. The van der Waals surface area contributed by atoms with E-state index in [1.807, 2.05) is 12.1 Å². The zero-order valence-corrected chi connectivity index (χ0v) is 8.66. The number of benzene rings is 1. The molecule has 1 heteroatoms. The van der Waals surface area contributed by atoms with Gasteiger partial charge in [0.05, 0.1) is 0 Å². The molecular formula is C13H17N. The van der Waals surface area contributed by atoms with Gasteiger partial charge < -0.3 is 5.73 Å². The van der Waals surface area contributed by atoms with Crippen LogP contribution in [0.25, 0.3) is 6.08 Å². The molecule has 0 bridgehead atoms. The van der Waals surface area contributed by atoms with Crippen molar-refractivity contribution in [1.29, 1.82) is 0 Å². The second-order valence-electron chi connectivity index (χ2n) is 3.14. The van der Waals surface area contributed by atoms with E-state index in [2.05, 4.69) is 31.7 Å². The monoisotopic (exact) mass is 187 g/mol. The molecule has 14 heavy (non-hydrogen) atoms. The van der Waals surface area contributed by atoms with Gasteiger partial charge in [-0.05, 0) is 23.1 Å². The topological polar surface area (TPSA) is 26.0 Å². The van der Waals surface area contributed by atoms with Crippen LogP contribution < -0.4 is 5.73 Å². The first-order valence-electron chi connectivity index (χ1n) is 4.93. The van der Waals surface area contributed by atoms with Gasteiger partial charge in [0.1, 0.15) is 0 Å². The third-order valence-corrected chi connectivity index (χ3v) is 2.29. The van der Waals surface area contributed by atoms with Gasteiger partial charge in [-0.1, -0.05) is 49.9 Å². The van der Waals surface area contributed by atoms with Crippen molar-refractivity contribution in [3.05, 3.63) is 53.6 Å². The minimum absolute atomic E-state index is 0.610. The summed E-state index contributed by atoms with van der Waals surface area (Å²) in [6.45, 7) is 6.42. The molecule has 0 aliphatic carbocycles. The zero-order valence-electron chi connectivity index (χ0n) is 8.66. The highest BCUT2D eigenvalue weighted by Gasteiger charge is 2.01. The lowest BCUT2D eigenvalue weighted by Crippen LogP contribution is -2.02. The van der Waals surface area contributed by atoms with E-state index in [0.717, 1.165) is 6.42 Å². The lowest BCUT2D eigenvalue weighted by molar-refractivity contribution is 1.000. The molecule has 1 aromatic carbocycles. The maximum absolute atomic E-state index is 5.68. The van der Waals surface area contributed by atoms with Crippen LogP contribution >= 0.6 is 0 Å². The van der Waals surface area contributed by atoms with Crippen LogP contribution in [-0.4, -0.2) is 0 Å². The first kappa shape index (κ1) is 10.7. The summed E-state index contributed by atoms with van der Waals surface area (Å²) >= 11 is 0. The molecule has 0 amide bonds. The molecule has 0 radical (unpaired) electrons. The minimum atomic E-state index is 0.610. The van der Waals surface area contributed by atoms with Crippen molar-refractivity contribution in [3.63, 3.8) is 0 Å². The maximum atomic E-state index is 5.68. The van der Waals surface area contributed by atoms with Crippen molar-refractivity contribution in [3.8, 4) is 0 Å². The van der Waals surface area contributed by atoms with E-state index in [4.69, 9.17) is 5.73 Å². The molecule has 1 nitrogen and oxygen atoms in total. The Hall–Kier alpha value is -1.34. The third-order valence-electron chi connectivity index (χ3n) is 2.29. The zero-order chi connectivity index (χ0) is 10.4. The number of allylic oxidation sites excluding steroid dienone is 2. The fourth-order valence-electron chi connectivity index (χ4n) is 1.60. The van der Waals surface area contributed by atoms with E-state index >= 15 is 0 Å². The Labute approximate surface area is 85.9 Å². The quantitative estimate of drug-likeness (QED) is 0.721. The van der Waals surface area contributed by atoms with E-state index < -0.39 is 0 Å². The van der Waals surface area contributed by atoms with Gasteiger partial charge in [0.2, 0.25) is 0 Å². The summed E-state index contributed by atoms with van der Waals surface area (Å²) in [5.74, 6) is 0. The van der Waals surface area contributed by atoms with Crippen LogP contribution in [0.15, 0.2) is 36.9 Å². The Morgan fingerprint density at radius 2 is 2.21 bits per heavy atom. The van der Waals surface area contributed by atoms with Gasteiger partial charge in [-0.2, -0.15) is 0 Å². The summed E-state index contributed by atoms with van der Waals surface area (Å²) in [7, 11) is 0. The maximum Gasteiger partial charge on any atom is 0.0181 e. The fraction of sp³-hybridized carbons (Fsp3) is 0.231. The van der Waals surface area contributed by atoms with Crippen LogP contribution in [0.2, 0.25) is 0 Å². The van der Waals surface area contributed by atoms with Crippen LogP contribution in [0.3, 0.4) is 0 Å². The van der Waals surface area contributed by atoms with Crippen molar-refractivity contribution in [2.24, 2.45) is 5.73 Å². The molecule has 0 heterocycles. The van der Waals surface area contributed by atoms with E-state index in [0.29, 0.717) is 6.54 Å². The third kappa shape index (κ3) is 2.33. The number of hydrogen-bond acceptors (Lipinski definition) is 1. The molecule has 1 rings (SSSR count). The lowest BCUT2D eigenvalue weighted by Gasteiger charge is -2.08. The van der Waals surface area contributed by atoms with Crippen molar-refractivity contribution >= 4 is 6.08 Å². The summed E-state index contributed by atoms with van der Waals surface area (Å²) < 4.78 is 0. The summed E-state index contributed by atoms with van der Waals surface area (Å²) in [5.41, 5.74) is 9.50. The average Bonchev–Trinajstić information content (AvgIpc) is 2.25. The Morgan fingerprint density at radius 1 is 1.43 bits per heavy atom. The highest BCUT2D eigenvalue weighted by atomic mass is 14.5. The van der Waals surface area contributed by atoms with E-state index in [1.165, 1.54) is 16.7 Å². The Balaban J connectivity index is 3.14. The molecule has 1 aromatic rings. The molecule has 0 atom stereocenters. The number of hydrogen-bond donors (Lipinski definition) is 1. The fourth-order valence-corrected chi connectivity index (χ4v) is 1.60. The van der Waals surface area contributed by atoms with Crippen LogP contribution in [-0.2, 0) is 13.0 Å². The summed E-state index contributed by atoms with van der Waals surface area (Å²) in [5, 5.41) is 0. The molecule has 0 aromatic heterocycles. The second kappa shape index (κ2) is 5.40. The van der Waals surface area contributed by atoms with Crippen molar-refractivity contribution < 1.29 is 0 Å². The van der Waals surface area contributed by atoms with E-state index in [9.17, 15) is 0 Å². The van der Waals surface area contributed by atoms with Crippen molar-refractivity contribution in [2.75, 3.05) is 0 Å². The van der Waals surface area contributed by atoms with Gasteiger partial charge in [0.15, 0.2) is 0 Å². The van der Waals surface area contributed by atoms with Gasteiger partial charge in [0.25, 0.3) is 0 Å². The molecule has 0 spiro atoms.